The number of carbonyl (C=O) groups excluding carboxylic acids is 1. The normalized spacial score (nSPS) is 10.1. The molecule has 1 amide bonds. The molecule has 0 spiro atoms. The number of hydrogen-bond acceptors (Lipinski definition) is 3. The molecule has 0 aliphatic rings. The number of nitrogens with two attached hydrogens (primary N) is 1. The van der Waals surface area contributed by atoms with Crippen LogP contribution < -0.4 is 11.1 Å². The number of para-hydroxylation sites is 1. The zero-order valence-electron chi connectivity index (χ0n) is 9.35. The number of nitrogen functional groups attached to an aromatic ring is 1. The quantitative estimate of drug-likeness (QED) is 0.813. The van der Waals surface area contributed by atoms with Gasteiger partial charge in [0.25, 0.3) is 5.91 Å². The van der Waals surface area contributed by atoms with Crippen LogP contribution in [0.2, 0.25) is 0 Å². The fourth-order valence-corrected chi connectivity index (χ4v) is 2.26. The van der Waals surface area contributed by atoms with Crippen molar-refractivity contribution >= 4 is 22.9 Å². The molecule has 0 radical (unpaired) electrons. The number of hydrogen-bond donors (Lipinski definition) is 2. The Morgan fingerprint density at radius 1 is 1.24 bits per heavy atom. The van der Waals surface area contributed by atoms with Crippen LogP contribution in [0.3, 0.4) is 0 Å². The molecule has 88 valence electrons. The lowest BCUT2D eigenvalue weighted by atomic mass is 10.1. The highest BCUT2D eigenvalue weighted by Gasteiger charge is 2.07. The number of thiophene rings is 1. The fraction of sp³-hybridized carbons (Fsp3) is 0.154. The number of anilines is 1. The van der Waals surface area contributed by atoms with Crippen LogP contribution in [-0.2, 0) is 6.42 Å². The van der Waals surface area contributed by atoms with Gasteiger partial charge < -0.3 is 11.1 Å². The van der Waals surface area contributed by atoms with Crippen LogP contribution in [-0.4, -0.2) is 12.5 Å². The van der Waals surface area contributed by atoms with Crippen molar-refractivity contribution < 1.29 is 4.79 Å². The van der Waals surface area contributed by atoms with Crippen molar-refractivity contribution in [1.29, 1.82) is 0 Å². The summed E-state index contributed by atoms with van der Waals surface area (Å²) in [6.07, 6.45) is 0.857. The zero-order chi connectivity index (χ0) is 12.1. The van der Waals surface area contributed by atoms with E-state index in [1.165, 1.54) is 4.88 Å². The molecule has 0 saturated carbocycles. The van der Waals surface area contributed by atoms with Gasteiger partial charge in [0.05, 0.1) is 5.56 Å². The van der Waals surface area contributed by atoms with E-state index < -0.39 is 0 Å². The SMILES string of the molecule is Nc1ccccc1C(=O)NCCc1cccs1. The summed E-state index contributed by atoms with van der Waals surface area (Å²) in [5.41, 5.74) is 6.78. The number of rotatable bonds is 4. The lowest BCUT2D eigenvalue weighted by molar-refractivity contribution is 0.0955. The van der Waals surface area contributed by atoms with Gasteiger partial charge in [-0.3, -0.25) is 4.79 Å². The number of nitrogens with one attached hydrogen (secondary N) is 1. The Morgan fingerprint density at radius 3 is 2.76 bits per heavy atom. The van der Waals surface area contributed by atoms with Crippen LogP contribution in [0, 0.1) is 0 Å². The second-order valence-corrected chi connectivity index (χ2v) is 4.70. The van der Waals surface area contributed by atoms with Crippen molar-refractivity contribution in [2.45, 2.75) is 6.42 Å². The minimum Gasteiger partial charge on any atom is -0.398 e. The monoisotopic (exact) mass is 246 g/mol. The summed E-state index contributed by atoms with van der Waals surface area (Å²) >= 11 is 1.70. The zero-order valence-corrected chi connectivity index (χ0v) is 10.2. The maximum atomic E-state index is 11.8. The standard InChI is InChI=1S/C13H14N2OS/c14-12-6-2-1-5-11(12)13(16)15-8-7-10-4-3-9-17-10/h1-6,9H,7-8,14H2,(H,15,16). The van der Waals surface area contributed by atoms with Gasteiger partial charge in [0.1, 0.15) is 0 Å². The Bertz CT molecular complexity index is 494. The van der Waals surface area contributed by atoms with Gasteiger partial charge in [0.15, 0.2) is 0 Å². The molecule has 3 nitrogen and oxygen atoms in total. The topological polar surface area (TPSA) is 55.1 Å². The van der Waals surface area contributed by atoms with Crippen LogP contribution in [0.15, 0.2) is 41.8 Å². The maximum Gasteiger partial charge on any atom is 0.253 e. The van der Waals surface area contributed by atoms with E-state index in [-0.39, 0.29) is 5.91 Å². The van der Waals surface area contributed by atoms with Crippen molar-refractivity contribution in [1.82, 2.24) is 5.32 Å². The second kappa shape index (κ2) is 5.50. The minimum absolute atomic E-state index is 0.111. The highest BCUT2D eigenvalue weighted by Crippen LogP contribution is 2.11. The van der Waals surface area contributed by atoms with Crippen LogP contribution in [0.1, 0.15) is 15.2 Å². The highest BCUT2D eigenvalue weighted by atomic mass is 32.1. The molecule has 0 saturated heterocycles. The van der Waals surface area contributed by atoms with E-state index in [0.717, 1.165) is 6.42 Å². The van der Waals surface area contributed by atoms with Crippen LogP contribution in [0.4, 0.5) is 5.69 Å². The Hall–Kier alpha value is -1.81. The van der Waals surface area contributed by atoms with Crippen molar-refractivity contribution in [3.63, 3.8) is 0 Å². The van der Waals surface area contributed by atoms with E-state index >= 15 is 0 Å². The van der Waals surface area contributed by atoms with Gasteiger partial charge in [-0.1, -0.05) is 18.2 Å². The summed E-state index contributed by atoms with van der Waals surface area (Å²) in [4.78, 5) is 13.1. The average molecular weight is 246 g/mol. The molecule has 1 aromatic carbocycles. The van der Waals surface area contributed by atoms with Gasteiger partial charge in [-0.25, -0.2) is 0 Å². The summed E-state index contributed by atoms with van der Waals surface area (Å²) in [5, 5.41) is 4.90. The van der Waals surface area contributed by atoms with Gasteiger partial charge >= 0.3 is 0 Å². The predicted octanol–water partition coefficient (Wildman–Crippen LogP) is 2.30. The van der Waals surface area contributed by atoms with Crippen molar-refractivity contribution in [3.8, 4) is 0 Å². The maximum absolute atomic E-state index is 11.8. The summed E-state index contributed by atoms with van der Waals surface area (Å²) in [7, 11) is 0. The van der Waals surface area contributed by atoms with Crippen molar-refractivity contribution in [2.75, 3.05) is 12.3 Å². The molecule has 3 N–H and O–H groups in total. The molecule has 1 heterocycles. The smallest absolute Gasteiger partial charge is 0.253 e. The largest absolute Gasteiger partial charge is 0.398 e. The van der Waals surface area contributed by atoms with E-state index in [1.54, 1.807) is 23.5 Å². The van der Waals surface area contributed by atoms with Gasteiger partial charge in [0.2, 0.25) is 0 Å². The van der Waals surface area contributed by atoms with Crippen LogP contribution in [0.25, 0.3) is 0 Å². The van der Waals surface area contributed by atoms with Gasteiger partial charge in [-0.05, 0) is 30.0 Å². The minimum atomic E-state index is -0.111. The third-order valence-electron chi connectivity index (χ3n) is 2.44. The molecule has 0 bridgehead atoms. The summed E-state index contributed by atoms with van der Waals surface area (Å²) in [6, 6.07) is 11.2. The van der Waals surface area contributed by atoms with Gasteiger partial charge in [-0.2, -0.15) is 0 Å². The Kier molecular flexibility index (Phi) is 3.77. The summed E-state index contributed by atoms with van der Waals surface area (Å²) < 4.78 is 0. The van der Waals surface area contributed by atoms with E-state index in [2.05, 4.69) is 11.4 Å². The van der Waals surface area contributed by atoms with E-state index in [4.69, 9.17) is 5.73 Å². The molecule has 2 rings (SSSR count). The first-order chi connectivity index (χ1) is 8.27. The molecule has 2 aromatic rings. The molecule has 1 aromatic heterocycles. The molecule has 0 atom stereocenters. The average Bonchev–Trinajstić information content (AvgIpc) is 2.82. The molecular weight excluding hydrogens is 232 g/mol. The third kappa shape index (κ3) is 3.07. The molecular formula is C13H14N2OS. The molecule has 4 heteroatoms. The molecule has 0 fully saturated rings. The molecule has 0 aliphatic heterocycles. The van der Waals surface area contributed by atoms with Gasteiger partial charge in [0, 0.05) is 17.1 Å². The lowest BCUT2D eigenvalue weighted by Gasteiger charge is -2.06. The molecule has 0 aliphatic carbocycles. The Labute approximate surface area is 104 Å². The Morgan fingerprint density at radius 2 is 2.06 bits per heavy atom. The summed E-state index contributed by atoms with van der Waals surface area (Å²) in [5.74, 6) is -0.111. The number of carbonyl (C=O) groups is 1. The van der Waals surface area contributed by atoms with Gasteiger partial charge in [-0.15, -0.1) is 11.3 Å². The van der Waals surface area contributed by atoms with Crippen LogP contribution in [0.5, 0.6) is 0 Å². The van der Waals surface area contributed by atoms with Crippen molar-refractivity contribution in [3.05, 3.63) is 52.2 Å². The fourth-order valence-electron chi connectivity index (χ4n) is 1.55. The first kappa shape index (κ1) is 11.7. The van der Waals surface area contributed by atoms with E-state index in [0.29, 0.717) is 17.8 Å². The molecule has 0 unspecified atom stereocenters. The number of amides is 1. The van der Waals surface area contributed by atoms with E-state index in [9.17, 15) is 4.79 Å². The lowest BCUT2D eigenvalue weighted by Crippen LogP contribution is -2.26. The second-order valence-electron chi connectivity index (χ2n) is 3.67. The first-order valence-electron chi connectivity index (χ1n) is 5.42. The molecule has 17 heavy (non-hydrogen) atoms. The first-order valence-corrected chi connectivity index (χ1v) is 6.30. The van der Waals surface area contributed by atoms with E-state index in [1.807, 2.05) is 23.6 Å². The van der Waals surface area contributed by atoms with Crippen molar-refractivity contribution in [2.24, 2.45) is 0 Å². The predicted molar refractivity (Wildman–Crippen MR) is 71.2 cm³/mol. The Balaban J connectivity index is 1.88. The highest BCUT2D eigenvalue weighted by molar-refractivity contribution is 7.09. The number of benzene rings is 1. The summed E-state index contributed by atoms with van der Waals surface area (Å²) in [6.45, 7) is 0.633. The van der Waals surface area contributed by atoms with Crippen LogP contribution >= 0.6 is 11.3 Å². The third-order valence-corrected chi connectivity index (χ3v) is 3.38.